The lowest BCUT2D eigenvalue weighted by atomic mass is 10.1. The molecule has 1 rings (SSSR count). The minimum atomic E-state index is -0.736. The fourth-order valence-electron chi connectivity index (χ4n) is 0.891. The number of terminal acetylenes is 1. The van der Waals surface area contributed by atoms with Gasteiger partial charge in [-0.3, -0.25) is 0 Å². The average molecular weight is 166 g/mol. The Labute approximate surface area is 70.7 Å². The van der Waals surface area contributed by atoms with Crippen LogP contribution in [0.3, 0.4) is 0 Å². The van der Waals surface area contributed by atoms with Gasteiger partial charge >= 0.3 is 0 Å². The molecule has 1 aromatic heterocycles. The Morgan fingerprint density at radius 3 is 2.64 bits per heavy atom. The number of aliphatic hydroxyl groups is 1. The molecule has 0 aromatic carbocycles. The predicted octanol–water partition coefficient (Wildman–Crippen LogP) is 2.03. The van der Waals surface area contributed by atoms with E-state index in [1.165, 1.54) is 4.88 Å². The van der Waals surface area contributed by atoms with Crippen LogP contribution in [0.1, 0.15) is 22.1 Å². The van der Waals surface area contributed by atoms with Crippen molar-refractivity contribution in [2.24, 2.45) is 0 Å². The summed E-state index contributed by atoms with van der Waals surface area (Å²) in [7, 11) is 0. The zero-order valence-electron chi connectivity index (χ0n) is 6.59. The summed E-state index contributed by atoms with van der Waals surface area (Å²) in [6, 6.07) is 0. The second-order valence-electron chi connectivity index (χ2n) is 2.44. The molecule has 0 saturated carbocycles. The van der Waals surface area contributed by atoms with Gasteiger partial charge in [0.1, 0.15) is 6.10 Å². The van der Waals surface area contributed by atoms with Gasteiger partial charge in [0.25, 0.3) is 0 Å². The van der Waals surface area contributed by atoms with Gasteiger partial charge < -0.3 is 5.11 Å². The molecule has 1 atom stereocenters. The first-order valence-corrected chi connectivity index (χ1v) is 4.23. The summed E-state index contributed by atoms with van der Waals surface area (Å²) in [4.78, 5) is 1.22. The van der Waals surface area contributed by atoms with Crippen molar-refractivity contribution in [1.29, 1.82) is 0 Å². The first-order valence-electron chi connectivity index (χ1n) is 3.35. The Hall–Kier alpha value is -0.780. The summed E-state index contributed by atoms with van der Waals surface area (Å²) in [6.07, 6.45) is 4.35. The van der Waals surface area contributed by atoms with Crippen LogP contribution in [-0.4, -0.2) is 5.11 Å². The van der Waals surface area contributed by atoms with E-state index in [-0.39, 0.29) is 0 Å². The summed E-state index contributed by atoms with van der Waals surface area (Å²) in [5, 5.41) is 11.2. The van der Waals surface area contributed by atoms with Gasteiger partial charge in [-0.1, -0.05) is 5.92 Å². The van der Waals surface area contributed by atoms with Crippen LogP contribution in [0.25, 0.3) is 0 Å². The molecule has 0 saturated heterocycles. The molecule has 2 heteroatoms. The second kappa shape index (κ2) is 3.08. The highest BCUT2D eigenvalue weighted by Gasteiger charge is 2.09. The minimum Gasteiger partial charge on any atom is -0.376 e. The van der Waals surface area contributed by atoms with E-state index in [0.29, 0.717) is 0 Å². The summed E-state index contributed by atoms with van der Waals surface area (Å²) in [5.41, 5.74) is 1.98. The zero-order chi connectivity index (χ0) is 8.43. The van der Waals surface area contributed by atoms with E-state index in [2.05, 4.69) is 5.92 Å². The lowest BCUT2D eigenvalue weighted by molar-refractivity contribution is 0.238. The van der Waals surface area contributed by atoms with Gasteiger partial charge in [0, 0.05) is 10.4 Å². The van der Waals surface area contributed by atoms with Crippen molar-refractivity contribution >= 4 is 11.3 Å². The minimum absolute atomic E-state index is 0.736. The van der Waals surface area contributed by atoms with Crippen LogP contribution in [0.5, 0.6) is 0 Å². The van der Waals surface area contributed by atoms with Gasteiger partial charge in [0.2, 0.25) is 0 Å². The summed E-state index contributed by atoms with van der Waals surface area (Å²) < 4.78 is 0. The maximum Gasteiger partial charge on any atom is 0.141 e. The van der Waals surface area contributed by atoms with Crippen molar-refractivity contribution < 1.29 is 5.11 Å². The molecule has 0 bridgehead atoms. The first-order chi connectivity index (χ1) is 5.16. The Balaban J connectivity index is 3.07. The fourth-order valence-corrected chi connectivity index (χ4v) is 1.80. The van der Waals surface area contributed by atoms with E-state index in [9.17, 15) is 5.11 Å². The SMILES string of the molecule is C#CC(O)c1csc(C)c1C. The maximum absolute atomic E-state index is 9.29. The van der Waals surface area contributed by atoms with Crippen LogP contribution in [0, 0.1) is 26.2 Å². The summed E-state index contributed by atoms with van der Waals surface area (Å²) >= 11 is 1.62. The molecule has 1 heterocycles. The van der Waals surface area contributed by atoms with Crippen molar-refractivity contribution in [3.8, 4) is 12.3 Å². The Bertz CT molecular complexity index is 293. The number of rotatable bonds is 1. The molecule has 0 fully saturated rings. The Morgan fingerprint density at radius 1 is 1.64 bits per heavy atom. The zero-order valence-corrected chi connectivity index (χ0v) is 7.40. The van der Waals surface area contributed by atoms with Gasteiger partial charge in [-0.15, -0.1) is 17.8 Å². The number of thiophene rings is 1. The standard InChI is InChI=1S/C9H10OS/c1-4-9(10)8-5-11-7(3)6(8)2/h1,5,9-10H,2-3H3. The normalized spacial score (nSPS) is 12.5. The van der Waals surface area contributed by atoms with E-state index in [0.717, 1.165) is 11.1 Å². The monoisotopic (exact) mass is 166 g/mol. The quantitative estimate of drug-likeness (QED) is 0.633. The molecular weight excluding hydrogens is 156 g/mol. The lowest BCUT2D eigenvalue weighted by Crippen LogP contribution is -1.92. The third-order valence-corrected chi connectivity index (χ3v) is 2.81. The number of aryl methyl sites for hydroxylation is 1. The van der Waals surface area contributed by atoms with E-state index < -0.39 is 6.10 Å². The Kier molecular flexibility index (Phi) is 2.33. The van der Waals surface area contributed by atoms with Crippen LogP contribution in [-0.2, 0) is 0 Å². The fraction of sp³-hybridized carbons (Fsp3) is 0.333. The number of hydrogen-bond donors (Lipinski definition) is 1. The van der Waals surface area contributed by atoms with E-state index >= 15 is 0 Å². The van der Waals surface area contributed by atoms with Gasteiger partial charge in [-0.25, -0.2) is 0 Å². The average Bonchev–Trinajstić information content (AvgIpc) is 2.32. The molecule has 0 aliphatic carbocycles. The molecule has 1 N–H and O–H groups in total. The molecule has 0 spiro atoms. The molecule has 1 unspecified atom stereocenters. The summed E-state index contributed by atoms with van der Waals surface area (Å²) in [5.74, 6) is 2.30. The number of hydrogen-bond acceptors (Lipinski definition) is 2. The molecule has 1 aromatic rings. The largest absolute Gasteiger partial charge is 0.376 e. The highest BCUT2D eigenvalue weighted by Crippen LogP contribution is 2.25. The van der Waals surface area contributed by atoms with E-state index in [4.69, 9.17) is 6.42 Å². The lowest BCUT2D eigenvalue weighted by Gasteiger charge is -2.01. The molecule has 0 aliphatic heterocycles. The molecule has 0 aliphatic rings. The highest BCUT2D eigenvalue weighted by atomic mass is 32.1. The van der Waals surface area contributed by atoms with Crippen molar-refractivity contribution in [3.05, 3.63) is 21.4 Å². The topological polar surface area (TPSA) is 20.2 Å². The van der Waals surface area contributed by atoms with Crippen molar-refractivity contribution in [2.45, 2.75) is 20.0 Å². The first kappa shape index (κ1) is 8.32. The summed E-state index contributed by atoms with van der Waals surface area (Å²) in [6.45, 7) is 3.99. The molecule has 0 radical (unpaired) electrons. The second-order valence-corrected chi connectivity index (χ2v) is 3.53. The van der Waals surface area contributed by atoms with Crippen LogP contribution in [0.4, 0.5) is 0 Å². The van der Waals surface area contributed by atoms with Crippen molar-refractivity contribution in [2.75, 3.05) is 0 Å². The third-order valence-electron chi connectivity index (χ3n) is 1.78. The van der Waals surface area contributed by atoms with Crippen LogP contribution < -0.4 is 0 Å². The highest BCUT2D eigenvalue weighted by molar-refractivity contribution is 7.10. The predicted molar refractivity (Wildman–Crippen MR) is 47.6 cm³/mol. The van der Waals surface area contributed by atoms with Crippen LogP contribution in [0.2, 0.25) is 0 Å². The van der Waals surface area contributed by atoms with E-state index in [1.807, 2.05) is 19.2 Å². The molecule has 11 heavy (non-hydrogen) atoms. The van der Waals surface area contributed by atoms with Gasteiger partial charge in [-0.05, 0) is 24.8 Å². The molecular formula is C9H10OS. The van der Waals surface area contributed by atoms with Crippen molar-refractivity contribution in [3.63, 3.8) is 0 Å². The number of aliphatic hydroxyl groups excluding tert-OH is 1. The molecule has 58 valence electrons. The van der Waals surface area contributed by atoms with Gasteiger partial charge in [-0.2, -0.15) is 0 Å². The van der Waals surface area contributed by atoms with E-state index in [1.54, 1.807) is 11.3 Å². The van der Waals surface area contributed by atoms with Gasteiger partial charge in [0.05, 0.1) is 0 Å². The van der Waals surface area contributed by atoms with Crippen LogP contribution in [0.15, 0.2) is 5.38 Å². The smallest absolute Gasteiger partial charge is 0.141 e. The third kappa shape index (κ3) is 1.45. The molecule has 0 amide bonds. The Morgan fingerprint density at radius 2 is 2.27 bits per heavy atom. The molecule has 1 nitrogen and oxygen atoms in total. The maximum atomic E-state index is 9.29. The van der Waals surface area contributed by atoms with Crippen LogP contribution >= 0.6 is 11.3 Å². The van der Waals surface area contributed by atoms with Crippen molar-refractivity contribution in [1.82, 2.24) is 0 Å². The van der Waals surface area contributed by atoms with Gasteiger partial charge in [0.15, 0.2) is 0 Å².